The van der Waals surface area contributed by atoms with E-state index in [1.165, 1.54) is 11.1 Å². The smallest absolute Gasteiger partial charge is 0.407 e. The van der Waals surface area contributed by atoms with Crippen molar-refractivity contribution < 1.29 is 24.2 Å². The molecule has 0 aromatic heterocycles. The van der Waals surface area contributed by atoms with Gasteiger partial charge in [-0.2, -0.15) is 0 Å². The monoisotopic (exact) mass is 472 g/mol. The van der Waals surface area contributed by atoms with Gasteiger partial charge in [-0.15, -0.1) is 0 Å². The SMILES string of the molecule is CC(CNC(=O)OCC1c2ccccc2-c2ccccc21)CC(=O)Nc1ccc(CC(=O)O)cc1. The highest BCUT2D eigenvalue weighted by Crippen LogP contribution is 2.44. The second-order valence-electron chi connectivity index (χ2n) is 8.83. The number of carboxylic acid groups (broad SMARTS) is 1. The third kappa shape index (κ3) is 6.06. The van der Waals surface area contributed by atoms with Gasteiger partial charge < -0.3 is 20.5 Å². The summed E-state index contributed by atoms with van der Waals surface area (Å²) in [5, 5.41) is 14.4. The summed E-state index contributed by atoms with van der Waals surface area (Å²) < 4.78 is 5.54. The topological polar surface area (TPSA) is 105 Å². The van der Waals surface area contributed by atoms with Crippen molar-refractivity contribution in [3.63, 3.8) is 0 Å². The maximum atomic E-state index is 12.3. The summed E-state index contributed by atoms with van der Waals surface area (Å²) in [6.45, 7) is 2.42. The molecule has 0 fully saturated rings. The number of carbonyl (C=O) groups is 3. The van der Waals surface area contributed by atoms with Crippen LogP contribution in [0.4, 0.5) is 10.5 Å². The standard InChI is InChI=1S/C28H28N2O5/c1-18(14-26(31)30-20-12-10-19(11-13-20)15-27(32)33)16-29-28(34)35-17-25-23-8-4-2-6-21(23)22-7-3-5-9-24(22)25/h2-13,18,25H,14-17H2,1H3,(H,29,34)(H,30,31)(H,32,33). The molecule has 0 bridgehead atoms. The number of hydrogen-bond acceptors (Lipinski definition) is 4. The molecule has 1 aliphatic rings. The van der Waals surface area contributed by atoms with E-state index >= 15 is 0 Å². The van der Waals surface area contributed by atoms with Crippen LogP contribution in [0.1, 0.15) is 36.0 Å². The Labute approximate surface area is 204 Å². The van der Waals surface area contributed by atoms with Gasteiger partial charge in [-0.05, 0) is 45.9 Å². The first-order valence-electron chi connectivity index (χ1n) is 11.6. The lowest BCUT2D eigenvalue weighted by Crippen LogP contribution is -2.31. The molecule has 7 nitrogen and oxygen atoms in total. The van der Waals surface area contributed by atoms with Gasteiger partial charge in [0.15, 0.2) is 0 Å². The molecule has 0 spiro atoms. The first-order chi connectivity index (χ1) is 16.9. The molecule has 4 rings (SSSR count). The number of carboxylic acids is 1. The Hall–Kier alpha value is -4.13. The largest absolute Gasteiger partial charge is 0.481 e. The van der Waals surface area contributed by atoms with Crippen molar-refractivity contribution in [3.05, 3.63) is 89.5 Å². The number of amides is 2. The fraction of sp³-hybridized carbons (Fsp3) is 0.250. The van der Waals surface area contributed by atoms with Crippen molar-refractivity contribution in [2.45, 2.75) is 25.7 Å². The molecule has 3 aromatic carbocycles. The summed E-state index contributed by atoms with van der Waals surface area (Å²) in [6.07, 6.45) is -0.346. The van der Waals surface area contributed by atoms with Crippen molar-refractivity contribution in [1.29, 1.82) is 0 Å². The molecule has 0 radical (unpaired) electrons. The first-order valence-corrected chi connectivity index (χ1v) is 11.6. The molecule has 1 unspecified atom stereocenters. The zero-order chi connectivity index (χ0) is 24.8. The summed E-state index contributed by atoms with van der Waals surface area (Å²) in [6, 6.07) is 23.0. The van der Waals surface area contributed by atoms with Crippen molar-refractivity contribution in [2.24, 2.45) is 5.92 Å². The molecule has 0 saturated heterocycles. The van der Waals surface area contributed by atoms with Crippen LogP contribution in [-0.2, 0) is 20.7 Å². The normalized spacial score (nSPS) is 12.8. The van der Waals surface area contributed by atoms with Crippen molar-refractivity contribution in [1.82, 2.24) is 5.32 Å². The van der Waals surface area contributed by atoms with Gasteiger partial charge in [0, 0.05) is 24.6 Å². The van der Waals surface area contributed by atoms with Crippen LogP contribution in [0, 0.1) is 5.92 Å². The first kappa shape index (κ1) is 24.0. The van der Waals surface area contributed by atoms with E-state index in [0.717, 1.165) is 11.1 Å². The van der Waals surface area contributed by atoms with Gasteiger partial charge in [0.05, 0.1) is 6.42 Å². The summed E-state index contributed by atoms with van der Waals surface area (Å²) in [7, 11) is 0. The van der Waals surface area contributed by atoms with Crippen molar-refractivity contribution >= 4 is 23.7 Å². The molecular weight excluding hydrogens is 444 g/mol. The molecule has 7 heteroatoms. The number of fused-ring (bicyclic) bond motifs is 3. The summed E-state index contributed by atoms with van der Waals surface area (Å²) >= 11 is 0. The Morgan fingerprint density at radius 1 is 0.914 bits per heavy atom. The highest BCUT2D eigenvalue weighted by molar-refractivity contribution is 5.91. The predicted octanol–water partition coefficient (Wildman–Crippen LogP) is 4.82. The molecule has 3 aromatic rings. The van der Waals surface area contributed by atoms with Crippen LogP contribution in [0.15, 0.2) is 72.8 Å². The second-order valence-corrected chi connectivity index (χ2v) is 8.83. The average molecular weight is 473 g/mol. The zero-order valence-corrected chi connectivity index (χ0v) is 19.5. The van der Waals surface area contributed by atoms with E-state index in [1.807, 2.05) is 31.2 Å². The molecular formula is C28H28N2O5. The number of alkyl carbamates (subject to hydrolysis) is 1. The van der Waals surface area contributed by atoms with Gasteiger partial charge in [-0.25, -0.2) is 4.79 Å². The van der Waals surface area contributed by atoms with Crippen LogP contribution < -0.4 is 10.6 Å². The lowest BCUT2D eigenvalue weighted by molar-refractivity contribution is -0.136. The Bertz CT molecular complexity index is 1180. The summed E-state index contributed by atoms with van der Waals surface area (Å²) in [4.78, 5) is 35.4. The van der Waals surface area contributed by atoms with Crippen LogP contribution in [0.2, 0.25) is 0 Å². The number of benzene rings is 3. The molecule has 0 heterocycles. The van der Waals surface area contributed by atoms with Gasteiger partial charge in [0.1, 0.15) is 6.61 Å². The van der Waals surface area contributed by atoms with Gasteiger partial charge in [0.25, 0.3) is 0 Å². The van der Waals surface area contributed by atoms with Crippen LogP contribution in [0.5, 0.6) is 0 Å². The van der Waals surface area contributed by atoms with E-state index in [4.69, 9.17) is 9.84 Å². The van der Waals surface area contributed by atoms with E-state index in [1.54, 1.807) is 24.3 Å². The third-order valence-electron chi connectivity index (χ3n) is 6.07. The molecule has 0 aliphatic heterocycles. The number of carbonyl (C=O) groups excluding carboxylic acids is 2. The maximum absolute atomic E-state index is 12.3. The fourth-order valence-corrected chi connectivity index (χ4v) is 4.39. The van der Waals surface area contributed by atoms with Crippen LogP contribution in [0.25, 0.3) is 11.1 Å². The minimum atomic E-state index is -0.903. The van der Waals surface area contributed by atoms with E-state index in [9.17, 15) is 14.4 Å². The number of anilines is 1. The highest BCUT2D eigenvalue weighted by Gasteiger charge is 2.29. The van der Waals surface area contributed by atoms with Gasteiger partial charge in [-0.1, -0.05) is 67.6 Å². The molecule has 3 N–H and O–H groups in total. The molecule has 2 amide bonds. The Balaban J connectivity index is 1.22. The van der Waals surface area contributed by atoms with E-state index in [0.29, 0.717) is 17.8 Å². The highest BCUT2D eigenvalue weighted by atomic mass is 16.5. The number of nitrogens with one attached hydrogen (secondary N) is 2. The number of ether oxygens (including phenoxy) is 1. The Morgan fingerprint density at radius 2 is 1.51 bits per heavy atom. The zero-order valence-electron chi connectivity index (χ0n) is 19.5. The fourth-order valence-electron chi connectivity index (χ4n) is 4.39. The third-order valence-corrected chi connectivity index (χ3v) is 6.07. The molecule has 35 heavy (non-hydrogen) atoms. The van der Waals surface area contributed by atoms with E-state index < -0.39 is 12.1 Å². The van der Waals surface area contributed by atoms with Gasteiger partial charge in [0.2, 0.25) is 5.91 Å². The lowest BCUT2D eigenvalue weighted by atomic mass is 9.98. The maximum Gasteiger partial charge on any atom is 0.407 e. The predicted molar refractivity (Wildman–Crippen MR) is 133 cm³/mol. The van der Waals surface area contributed by atoms with E-state index in [-0.39, 0.29) is 37.2 Å². The van der Waals surface area contributed by atoms with Crippen LogP contribution in [-0.4, -0.2) is 36.2 Å². The van der Waals surface area contributed by atoms with Gasteiger partial charge >= 0.3 is 12.1 Å². The van der Waals surface area contributed by atoms with E-state index in [2.05, 4.69) is 34.9 Å². The van der Waals surface area contributed by atoms with Crippen molar-refractivity contribution in [3.8, 4) is 11.1 Å². The number of aliphatic carboxylic acids is 1. The number of hydrogen-bond donors (Lipinski definition) is 3. The van der Waals surface area contributed by atoms with Crippen LogP contribution in [0.3, 0.4) is 0 Å². The average Bonchev–Trinajstić information content (AvgIpc) is 3.16. The Morgan fingerprint density at radius 3 is 2.11 bits per heavy atom. The Kier molecular flexibility index (Phi) is 7.45. The van der Waals surface area contributed by atoms with Crippen LogP contribution >= 0.6 is 0 Å². The second kappa shape index (κ2) is 10.9. The minimum Gasteiger partial charge on any atom is -0.481 e. The molecule has 180 valence electrons. The lowest BCUT2D eigenvalue weighted by Gasteiger charge is -2.16. The quantitative estimate of drug-likeness (QED) is 0.414. The number of rotatable bonds is 9. The molecule has 1 aliphatic carbocycles. The molecule has 1 atom stereocenters. The molecule has 0 saturated carbocycles. The minimum absolute atomic E-state index is 0.00163. The summed E-state index contributed by atoms with van der Waals surface area (Å²) in [5.41, 5.74) is 5.92. The van der Waals surface area contributed by atoms with Gasteiger partial charge in [-0.3, -0.25) is 9.59 Å². The summed E-state index contributed by atoms with van der Waals surface area (Å²) in [5.74, 6) is -1.18. The van der Waals surface area contributed by atoms with Crippen molar-refractivity contribution in [2.75, 3.05) is 18.5 Å².